The highest BCUT2D eigenvalue weighted by Crippen LogP contribution is 2.06. The number of esters is 1. The smallest absolute Gasteiger partial charge is 0.407 e. The van der Waals surface area contributed by atoms with Crippen LogP contribution in [0.1, 0.15) is 31.1 Å². The topological polar surface area (TPSA) is 119 Å². The first-order chi connectivity index (χ1) is 15.8. The molecule has 0 atom stereocenters. The van der Waals surface area contributed by atoms with Crippen molar-refractivity contribution in [2.45, 2.75) is 26.4 Å². The Morgan fingerprint density at radius 3 is 1.73 bits per heavy atom. The second kappa shape index (κ2) is 17.0. The molecule has 10 nitrogen and oxygen atoms in total. The Morgan fingerprint density at radius 2 is 1.21 bits per heavy atom. The van der Waals surface area contributed by atoms with E-state index in [2.05, 4.69) is 5.32 Å². The van der Waals surface area contributed by atoms with Crippen molar-refractivity contribution in [3.63, 3.8) is 0 Å². The summed E-state index contributed by atoms with van der Waals surface area (Å²) in [6.45, 7) is 8.64. The molecule has 0 aliphatic heterocycles. The lowest BCUT2D eigenvalue weighted by Gasteiger charge is -2.19. The summed E-state index contributed by atoms with van der Waals surface area (Å²) >= 11 is 0. The number of hydrogen-bond donors (Lipinski definition) is 1. The van der Waals surface area contributed by atoms with Crippen molar-refractivity contribution in [3.05, 3.63) is 35.9 Å². The summed E-state index contributed by atoms with van der Waals surface area (Å²) in [5.74, 6) is -1.58. The maximum atomic E-state index is 11.8. The van der Waals surface area contributed by atoms with Gasteiger partial charge in [0.15, 0.2) is 0 Å². The van der Waals surface area contributed by atoms with Crippen LogP contribution in [0.5, 0.6) is 0 Å². The van der Waals surface area contributed by atoms with Gasteiger partial charge in [0.05, 0.1) is 52.9 Å². The molecule has 186 valence electrons. The number of amides is 1. The van der Waals surface area contributed by atoms with Gasteiger partial charge < -0.3 is 33.7 Å². The van der Waals surface area contributed by atoms with E-state index < -0.39 is 23.4 Å². The van der Waals surface area contributed by atoms with E-state index in [1.165, 1.54) is 0 Å². The Morgan fingerprint density at radius 1 is 0.727 bits per heavy atom. The maximum absolute atomic E-state index is 11.8. The quantitative estimate of drug-likeness (QED) is 0.158. The van der Waals surface area contributed by atoms with E-state index in [0.717, 1.165) is 0 Å². The van der Waals surface area contributed by atoms with Crippen molar-refractivity contribution < 1.29 is 42.8 Å². The van der Waals surface area contributed by atoms with Crippen molar-refractivity contribution in [2.75, 3.05) is 66.0 Å². The summed E-state index contributed by atoms with van der Waals surface area (Å²) in [6.07, 6.45) is -0.470. The summed E-state index contributed by atoms with van der Waals surface area (Å²) in [6, 6.07) is 8.23. The molecular weight excluding hydrogens is 434 g/mol. The lowest BCUT2D eigenvalue weighted by Crippen LogP contribution is -2.34. The van der Waals surface area contributed by atoms with Gasteiger partial charge in [-0.15, -0.1) is 0 Å². The molecule has 1 aromatic carbocycles. The zero-order chi connectivity index (χ0) is 24.4. The van der Waals surface area contributed by atoms with Crippen molar-refractivity contribution in [1.29, 1.82) is 0 Å². The van der Waals surface area contributed by atoms with Gasteiger partial charge in [0, 0.05) is 12.1 Å². The fraction of sp³-hybridized carbons (Fsp3) is 0.609. The van der Waals surface area contributed by atoms with E-state index in [-0.39, 0.29) is 13.2 Å². The van der Waals surface area contributed by atoms with Gasteiger partial charge in [0.1, 0.15) is 12.2 Å². The minimum Gasteiger partial charge on any atom is -0.457 e. The second-order valence-corrected chi connectivity index (χ2v) is 7.71. The van der Waals surface area contributed by atoms with Crippen LogP contribution >= 0.6 is 0 Å². The third-order valence-electron chi connectivity index (χ3n) is 3.71. The van der Waals surface area contributed by atoms with Crippen LogP contribution in [0.2, 0.25) is 0 Å². The number of rotatable bonds is 17. The fourth-order valence-electron chi connectivity index (χ4n) is 2.27. The van der Waals surface area contributed by atoms with Crippen LogP contribution in [0.3, 0.4) is 0 Å². The number of carbonyl (C=O) groups excluding carboxylic acids is 3. The Balaban J connectivity index is 1.82. The Bertz CT molecular complexity index is 689. The largest absolute Gasteiger partial charge is 0.457 e. The molecule has 1 aromatic rings. The molecule has 0 aromatic heterocycles. The molecule has 0 saturated heterocycles. The number of ketones is 1. The van der Waals surface area contributed by atoms with Gasteiger partial charge in [-0.1, -0.05) is 30.3 Å². The number of Topliss-reactive ketones (excluding diaryl/α,β-unsaturated/α-hetero) is 1. The zero-order valence-corrected chi connectivity index (χ0v) is 19.6. The van der Waals surface area contributed by atoms with E-state index in [1.807, 2.05) is 0 Å². The lowest BCUT2D eigenvalue weighted by molar-refractivity contribution is -0.139. The molecule has 1 N–H and O–H groups in total. The molecule has 0 aliphatic rings. The van der Waals surface area contributed by atoms with Crippen LogP contribution in [0.4, 0.5) is 4.79 Å². The molecular formula is C23H35NO9. The van der Waals surface area contributed by atoms with Crippen LogP contribution in [0.25, 0.3) is 0 Å². The number of ether oxygens (including phenoxy) is 6. The molecule has 33 heavy (non-hydrogen) atoms. The SMILES string of the molecule is CC(C)(C)OC(=O)NCCOCCOCCOCCOCCOC(=O)C(=O)c1ccccc1. The molecule has 10 heteroatoms. The minimum absolute atomic E-state index is 0.00614. The summed E-state index contributed by atoms with van der Waals surface area (Å²) in [7, 11) is 0. The first-order valence-corrected chi connectivity index (χ1v) is 10.8. The fourth-order valence-corrected chi connectivity index (χ4v) is 2.27. The number of carbonyl (C=O) groups is 3. The van der Waals surface area contributed by atoms with Crippen LogP contribution in [0, 0.1) is 0 Å². The van der Waals surface area contributed by atoms with E-state index in [1.54, 1.807) is 51.1 Å². The normalized spacial score (nSPS) is 11.1. The standard InChI is InChI=1S/C23H35NO9/c1-23(2,3)33-22(27)24-9-10-28-11-12-29-13-14-30-15-16-31-17-18-32-21(26)20(25)19-7-5-4-6-8-19/h4-8H,9-18H2,1-3H3,(H,24,27). The Kier molecular flexibility index (Phi) is 14.7. The van der Waals surface area contributed by atoms with Gasteiger partial charge in [-0.3, -0.25) is 4.79 Å². The van der Waals surface area contributed by atoms with Crippen molar-refractivity contribution >= 4 is 17.8 Å². The molecule has 1 amide bonds. The molecule has 0 saturated carbocycles. The number of alkyl carbamates (subject to hydrolysis) is 1. The molecule has 0 aliphatic carbocycles. The highest BCUT2D eigenvalue weighted by Gasteiger charge is 2.17. The van der Waals surface area contributed by atoms with E-state index in [9.17, 15) is 14.4 Å². The van der Waals surface area contributed by atoms with Crippen molar-refractivity contribution in [1.82, 2.24) is 5.32 Å². The highest BCUT2D eigenvalue weighted by molar-refractivity contribution is 6.40. The first kappa shape index (κ1) is 28.5. The highest BCUT2D eigenvalue weighted by atomic mass is 16.6. The molecule has 1 rings (SSSR count). The summed E-state index contributed by atoms with van der Waals surface area (Å²) in [5, 5.41) is 2.60. The number of hydrogen-bond acceptors (Lipinski definition) is 9. The van der Waals surface area contributed by atoms with Gasteiger partial charge in [0.25, 0.3) is 5.78 Å². The Hall–Kier alpha value is -2.53. The lowest BCUT2D eigenvalue weighted by atomic mass is 10.1. The number of nitrogens with one attached hydrogen (secondary N) is 1. The summed E-state index contributed by atoms with van der Waals surface area (Å²) < 4.78 is 31.3. The molecule has 0 heterocycles. The van der Waals surface area contributed by atoms with E-state index in [4.69, 9.17) is 28.4 Å². The monoisotopic (exact) mass is 469 g/mol. The predicted octanol–water partition coefficient (Wildman–Crippen LogP) is 2.00. The summed E-state index contributed by atoms with van der Waals surface area (Å²) in [4.78, 5) is 34.9. The van der Waals surface area contributed by atoms with Gasteiger partial charge in [0.2, 0.25) is 0 Å². The molecule has 0 fully saturated rings. The van der Waals surface area contributed by atoms with Crippen LogP contribution in [0.15, 0.2) is 30.3 Å². The maximum Gasteiger partial charge on any atom is 0.407 e. The average Bonchev–Trinajstić information content (AvgIpc) is 2.77. The third-order valence-corrected chi connectivity index (χ3v) is 3.71. The predicted molar refractivity (Wildman–Crippen MR) is 119 cm³/mol. The molecule has 0 radical (unpaired) electrons. The van der Waals surface area contributed by atoms with E-state index in [0.29, 0.717) is 58.4 Å². The Labute approximate surface area is 194 Å². The summed E-state index contributed by atoms with van der Waals surface area (Å²) in [5.41, 5.74) is -0.229. The van der Waals surface area contributed by atoms with Crippen molar-refractivity contribution in [2.24, 2.45) is 0 Å². The van der Waals surface area contributed by atoms with Crippen LogP contribution in [-0.2, 0) is 33.2 Å². The van der Waals surface area contributed by atoms with Gasteiger partial charge in [-0.2, -0.15) is 0 Å². The average molecular weight is 470 g/mol. The third kappa shape index (κ3) is 15.8. The van der Waals surface area contributed by atoms with Gasteiger partial charge in [-0.25, -0.2) is 9.59 Å². The molecule has 0 unspecified atom stereocenters. The van der Waals surface area contributed by atoms with Crippen LogP contribution in [-0.4, -0.2) is 89.5 Å². The van der Waals surface area contributed by atoms with Crippen molar-refractivity contribution in [3.8, 4) is 0 Å². The van der Waals surface area contributed by atoms with Crippen LogP contribution < -0.4 is 5.32 Å². The first-order valence-electron chi connectivity index (χ1n) is 10.8. The van der Waals surface area contributed by atoms with Gasteiger partial charge >= 0.3 is 12.1 Å². The van der Waals surface area contributed by atoms with E-state index >= 15 is 0 Å². The molecule has 0 bridgehead atoms. The zero-order valence-electron chi connectivity index (χ0n) is 19.6. The second-order valence-electron chi connectivity index (χ2n) is 7.71. The van der Waals surface area contributed by atoms with Gasteiger partial charge in [-0.05, 0) is 20.8 Å². The molecule has 0 spiro atoms. The minimum atomic E-state index is -0.901. The number of benzene rings is 1.